The van der Waals surface area contributed by atoms with Gasteiger partial charge in [0.05, 0.1) is 17.5 Å². The summed E-state index contributed by atoms with van der Waals surface area (Å²) < 4.78 is 5.40. The van der Waals surface area contributed by atoms with Gasteiger partial charge < -0.3 is 9.64 Å². The van der Waals surface area contributed by atoms with Crippen molar-refractivity contribution >= 4 is 17.6 Å². The molecule has 0 atom stereocenters. The molecular weight excluding hydrogens is 290 g/mol. The van der Waals surface area contributed by atoms with Crippen LogP contribution in [0, 0.1) is 10.1 Å². The Bertz CT molecular complexity index is 629. The number of non-ortho nitro benzene ring substituents is 1. The summed E-state index contributed by atoms with van der Waals surface area (Å²) in [5, 5.41) is 10.7. The van der Waals surface area contributed by atoms with Crippen LogP contribution in [0.15, 0.2) is 24.3 Å². The van der Waals surface area contributed by atoms with Crippen LogP contribution in [0.2, 0.25) is 0 Å². The van der Waals surface area contributed by atoms with E-state index in [1.54, 1.807) is 11.0 Å². The zero-order chi connectivity index (χ0) is 15.7. The summed E-state index contributed by atoms with van der Waals surface area (Å²) in [4.78, 5) is 36.8. The fraction of sp³-hybridized carbons (Fsp3) is 0.429. The van der Waals surface area contributed by atoms with E-state index in [1.807, 2.05) is 0 Å². The van der Waals surface area contributed by atoms with Crippen LogP contribution in [0.25, 0.3) is 0 Å². The molecule has 0 N–H and O–H groups in total. The zero-order valence-corrected chi connectivity index (χ0v) is 11.8. The fourth-order valence-electron chi connectivity index (χ4n) is 2.39. The molecule has 8 heteroatoms. The van der Waals surface area contributed by atoms with Crippen molar-refractivity contribution in [3.8, 4) is 5.75 Å². The molecule has 0 bridgehead atoms. The van der Waals surface area contributed by atoms with Crippen molar-refractivity contribution in [2.45, 2.75) is 18.9 Å². The van der Waals surface area contributed by atoms with Crippen molar-refractivity contribution < 1.29 is 19.2 Å². The fourth-order valence-corrected chi connectivity index (χ4v) is 2.39. The van der Waals surface area contributed by atoms with Crippen molar-refractivity contribution in [1.29, 1.82) is 0 Å². The van der Waals surface area contributed by atoms with Gasteiger partial charge in [0.1, 0.15) is 18.9 Å². The molecule has 2 aliphatic rings. The first-order chi connectivity index (χ1) is 10.6. The van der Waals surface area contributed by atoms with Crippen LogP contribution in [0.5, 0.6) is 5.75 Å². The van der Waals surface area contributed by atoms with Crippen molar-refractivity contribution in [3.63, 3.8) is 0 Å². The number of amides is 3. The standard InChI is InChI=1S/C14H15N3O5/c18-13-9-16(10-4-5-10)14(19)15(13)6-7-22-12-3-1-2-11(8-12)17(20)21/h1-3,8,10H,4-7,9H2. The Morgan fingerprint density at radius 3 is 2.77 bits per heavy atom. The maximum absolute atomic E-state index is 12.1. The first-order valence-electron chi connectivity index (χ1n) is 7.04. The minimum atomic E-state index is -0.506. The Morgan fingerprint density at radius 1 is 1.32 bits per heavy atom. The first-order valence-corrected chi connectivity index (χ1v) is 7.04. The van der Waals surface area contributed by atoms with Gasteiger partial charge in [0.2, 0.25) is 5.91 Å². The number of benzene rings is 1. The Kier molecular flexibility index (Phi) is 3.66. The molecule has 1 aromatic rings. The summed E-state index contributed by atoms with van der Waals surface area (Å²) in [6, 6.07) is 5.73. The van der Waals surface area contributed by atoms with Gasteiger partial charge in [-0.2, -0.15) is 0 Å². The smallest absolute Gasteiger partial charge is 0.327 e. The van der Waals surface area contributed by atoms with E-state index >= 15 is 0 Å². The van der Waals surface area contributed by atoms with E-state index in [0.717, 1.165) is 12.8 Å². The van der Waals surface area contributed by atoms with E-state index in [0.29, 0.717) is 5.75 Å². The van der Waals surface area contributed by atoms with Gasteiger partial charge in [-0.1, -0.05) is 6.07 Å². The Labute approximate surface area is 126 Å². The van der Waals surface area contributed by atoms with Crippen LogP contribution in [-0.4, -0.2) is 52.4 Å². The van der Waals surface area contributed by atoms with Crippen LogP contribution >= 0.6 is 0 Å². The Hall–Kier alpha value is -2.64. The number of urea groups is 1. The van der Waals surface area contributed by atoms with Crippen LogP contribution in [-0.2, 0) is 4.79 Å². The lowest BCUT2D eigenvalue weighted by atomic mass is 10.3. The maximum atomic E-state index is 12.1. The minimum absolute atomic E-state index is 0.0641. The molecule has 1 aliphatic heterocycles. The van der Waals surface area contributed by atoms with Crippen LogP contribution in [0.1, 0.15) is 12.8 Å². The highest BCUT2D eigenvalue weighted by molar-refractivity contribution is 6.02. The van der Waals surface area contributed by atoms with Gasteiger partial charge in [-0.05, 0) is 18.9 Å². The molecular formula is C14H15N3O5. The third-order valence-electron chi connectivity index (χ3n) is 3.68. The molecule has 0 aromatic heterocycles. The van der Waals surface area contributed by atoms with E-state index in [-0.39, 0.29) is 43.4 Å². The summed E-state index contributed by atoms with van der Waals surface area (Å²) in [5.74, 6) is 0.117. The van der Waals surface area contributed by atoms with Gasteiger partial charge in [-0.3, -0.25) is 19.8 Å². The first kappa shape index (κ1) is 14.3. The van der Waals surface area contributed by atoms with E-state index < -0.39 is 4.92 Å². The lowest BCUT2D eigenvalue weighted by Gasteiger charge is -2.16. The number of hydrogen-bond acceptors (Lipinski definition) is 5. The number of nitrogens with zero attached hydrogens (tertiary/aromatic N) is 3. The second-order valence-corrected chi connectivity index (χ2v) is 5.29. The Balaban J connectivity index is 1.54. The molecule has 8 nitrogen and oxygen atoms in total. The van der Waals surface area contributed by atoms with Crippen LogP contribution < -0.4 is 4.74 Å². The average molecular weight is 305 g/mol. The predicted molar refractivity (Wildman–Crippen MR) is 75.4 cm³/mol. The highest BCUT2D eigenvalue weighted by atomic mass is 16.6. The number of nitro benzene ring substituents is 1. The number of hydrogen-bond donors (Lipinski definition) is 0. The molecule has 1 saturated heterocycles. The monoisotopic (exact) mass is 305 g/mol. The molecule has 0 unspecified atom stereocenters. The Morgan fingerprint density at radius 2 is 2.09 bits per heavy atom. The molecule has 0 spiro atoms. The molecule has 3 amide bonds. The molecule has 22 heavy (non-hydrogen) atoms. The highest BCUT2D eigenvalue weighted by Gasteiger charge is 2.43. The summed E-state index contributed by atoms with van der Waals surface area (Å²) in [5.41, 5.74) is -0.0641. The molecule has 2 fully saturated rings. The summed E-state index contributed by atoms with van der Waals surface area (Å²) in [6.07, 6.45) is 1.91. The van der Waals surface area contributed by atoms with E-state index in [1.165, 1.54) is 23.1 Å². The van der Waals surface area contributed by atoms with Gasteiger partial charge >= 0.3 is 6.03 Å². The van der Waals surface area contributed by atoms with Gasteiger partial charge in [-0.15, -0.1) is 0 Å². The molecule has 3 rings (SSSR count). The molecule has 1 heterocycles. The molecule has 1 saturated carbocycles. The molecule has 0 radical (unpaired) electrons. The molecule has 1 aliphatic carbocycles. The van der Waals surface area contributed by atoms with Gasteiger partial charge in [0.25, 0.3) is 5.69 Å². The third-order valence-corrected chi connectivity index (χ3v) is 3.68. The van der Waals surface area contributed by atoms with Gasteiger partial charge in [-0.25, -0.2) is 4.79 Å². The van der Waals surface area contributed by atoms with Crippen LogP contribution in [0.4, 0.5) is 10.5 Å². The number of carbonyl (C=O) groups is 2. The molecule has 1 aromatic carbocycles. The van der Waals surface area contributed by atoms with Crippen LogP contribution in [0.3, 0.4) is 0 Å². The molecule has 116 valence electrons. The summed E-state index contributed by atoms with van der Waals surface area (Å²) in [7, 11) is 0. The number of ether oxygens (including phenoxy) is 1. The number of rotatable bonds is 6. The second kappa shape index (κ2) is 5.63. The third kappa shape index (κ3) is 2.85. The average Bonchev–Trinajstić information content (AvgIpc) is 3.29. The van der Waals surface area contributed by atoms with E-state index in [9.17, 15) is 19.7 Å². The highest BCUT2D eigenvalue weighted by Crippen LogP contribution is 2.30. The lowest BCUT2D eigenvalue weighted by molar-refractivity contribution is -0.384. The topological polar surface area (TPSA) is 93.0 Å². The summed E-state index contributed by atoms with van der Waals surface area (Å²) >= 11 is 0. The number of imide groups is 1. The van der Waals surface area contributed by atoms with Crippen molar-refractivity contribution in [3.05, 3.63) is 34.4 Å². The van der Waals surface area contributed by atoms with Gasteiger partial charge in [0.15, 0.2) is 0 Å². The van der Waals surface area contributed by atoms with Crippen molar-refractivity contribution in [2.75, 3.05) is 19.7 Å². The number of nitro groups is 1. The predicted octanol–water partition coefficient (Wildman–Crippen LogP) is 1.40. The second-order valence-electron chi connectivity index (χ2n) is 5.29. The maximum Gasteiger partial charge on any atom is 0.327 e. The zero-order valence-electron chi connectivity index (χ0n) is 11.8. The quantitative estimate of drug-likeness (QED) is 0.450. The van der Waals surface area contributed by atoms with Gasteiger partial charge in [0, 0.05) is 12.1 Å². The largest absolute Gasteiger partial charge is 0.491 e. The summed E-state index contributed by atoms with van der Waals surface area (Å²) in [6.45, 7) is 0.390. The van der Waals surface area contributed by atoms with E-state index in [4.69, 9.17) is 4.74 Å². The van der Waals surface area contributed by atoms with Crippen molar-refractivity contribution in [2.24, 2.45) is 0 Å². The van der Waals surface area contributed by atoms with Crippen molar-refractivity contribution in [1.82, 2.24) is 9.80 Å². The number of carbonyl (C=O) groups excluding carboxylic acids is 2. The van der Waals surface area contributed by atoms with E-state index in [2.05, 4.69) is 0 Å². The SMILES string of the molecule is O=C1CN(C2CC2)C(=O)N1CCOc1cccc([N+](=O)[O-])c1. The lowest BCUT2D eigenvalue weighted by Crippen LogP contribution is -2.36. The minimum Gasteiger partial charge on any atom is -0.491 e. The normalized spacial score (nSPS) is 18.0.